The Morgan fingerprint density at radius 2 is 1.74 bits per heavy atom. The van der Waals surface area contributed by atoms with E-state index in [-0.39, 0.29) is 10.6 Å². The number of hydrogen-bond acceptors (Lipinski definition) is 4. The van der Waals surface area contributed by atoms with Crippen molar-refractivity contribution in [3.05, 3.63) is 34.4 Å². The van der Waals surface area contributed by atoms with Crippen LogP contribution in [0.25, 0.3) is 0 Å². The van der Waals surface area contributed by atoms with Crippen molar-refractivity contribution in [3.8, 4) is 0 Å². The molecule has 8 heteroatoms. The molecule has 0 amide bonds. The van der Waals surface area contributed by atoms with Gasteiger partial charge in [0.2, 0.25) is 10.0 Å². The van der Waals surface area contributed by atoms with Crippen molar-refractivity contribution in [2.24, 2.45) is 0 Å². The minimum absolute atomic E-state index is 0.109. The van der Waals surface area contributed by atoms with E-state index < -0.39 is 14.9 Å². The first-order valence-electron chi connectivity index (χ1n) is 5.97. The molecule has 0 unspecified atom stereocenters. The molecule has 104 valence electrons. The Bertz CT molecular complexity index is 562. The topological polar surface area (TPSA) is 85.0 Å². The Morgan fingerprint density at radius 1 is 1.21 bits per heavy atom. The number of nitrogens with zero attached hydrogens (tertiary/aromatic N) is 2. The van der Waals surface area contributed by atoms with Crippen LogP contribution >= 0.6 is 0 Å². The van der Waals surface area contributed by atoms with Crippen LogP contribution in [0.2, 0.25) is 0 Å². The molecular formula is C11H16N3O4S+. The van der Waals surface area contributed by atoms with Crippen molar-refractivity contribution in [2.45, 2.75) is 4.90 Å². The third-order valence-corrected chi connectivity index (χ3v) is 5.17. The Morgan fingerprint density at radius 3 is 2.21 bits per heavy atom. The molecule has 2 rings (SSSR count). The van der Waals surface area contributed by atoms with Gasteiger partial charge in [-0.25, -0.2) is 8.42 Å². The van der Waals surface area contributed by atoms with Crippen LogP contribution in [0.3, 0.4) is 0 Å². The SMILES string of the molecule is C[NH+]1CCN(S(=O)(=O)c2ccc([N+](=O)[O-])cc2)CC1. The third kappa shape index (κ3) is 2.91. The van der Waals surface area contributed by atoms with E-state index >= 15 is 0 Å². The molecule has 1 aromatic carbocycles. The summed E-state index contributed by atoms with van der Waals surface area (Å²) in [6.07, 6.45) is 0. The summed E-state index contributed by atoms with van der Waals surface area (Å²) >= 11 is 0. The number of quaternary nitrogens is 1. The highest BCUT2D eigenvalue weighted by Gasteiger charge is 2.29. The van der Waals surface area contributed by atoms with Gasteiger partial charge in [0.25, 0.3) is 5.69 Å². The summed E-state index contributed by atoms with van der Waals surface area (Å²) in [7, 11) is -1.51. The number of non-ortho nitro benzene ring substituents is 1. The van der Waals surface area contributed by atoms with Crippen LogP contribution in [0.4, 0.5) is 5.69 Å². The maximum absolute atomic E-state index is 12.3. The third-order valence-electron chi connectivity index (χ3n) is 3.26. The zero-order valence-electron chi connectivity index (χ0n) is 10.6. The Labute approximate surface area is 111 Å². The summed E-state index contributed by atoms with van der Waals surface area (Å²) in [6.45, 7) is 2.49. The van der Waals surface area contributed by atoms with E-state index in [1.54, 1.807) is 0 Å². The number of piperazine rings is 1. The van der Waals surface area contributed by atoms with Crippen molar-refractivity contribution < 1.29 is 18.2 Å². The van der Waals surface area contributed by atoms with Crippen molar-refractivity contribution in [3.63, 3.8) is 0 Å². The van der Waals surface area contributed by atoms with Crippen LogP contribution in [0.15, 0.2) is 29.2 Å². The zero-order valence-corrected chi connectivity index (χ0v) is 11.4. The fourth-order valence-corrected chi connectivity index (χ4v) is 3.44. The van der Waals surface area contributed by atoms with Gasteiger partial charge in [0, 0.05) is 12.1 Å². The molecule has 1 fully saturated rings. The molecule has 0 bridgehead atoms. The van der Waals surface area contributed by atoms with Gasteiger partial charge in [0.15, 0.2) is 0 Å². The van der Waals surface area contributed by atoms with Crippen molar-refractivity contribution >= 4 is 15.7 Å². The minimum atomic E-state index is -3.53. The average Bonchev–Trinajstić information content (AvgIpc) is 2.39. The van der Waals surface area contributed by atoms with Gasteiger partial charge in [-0.2, -0.15) is 4.31 Å². The first-order chi connectivity index (χ1) is 8.91. The van der Waals surface area contributed by atoms with Crippen LogP contribution in [-0.4, -0.2) is 50.9 Å². The first-order valence-corrected chi connectivity index (χ1v) is 7.41. The lowest BCUT2D eigenvalue weighted by molar-refractivity contribution is -0.883. The van der Waals surface area contributed by atoms with E-state index in [0.29, 0.717) is 13.1 Å². The number of rotatable bonds is 3. The molecule has 0 atom stereocenters. The fraction of sp³-hybridized carbons (Fsp3) is 0.455. The summed E-state index contributed by atoms with van der Waals surface area (Å²) in [6, 6.07) is 5.01. The van der Waals surface area contributed by atoms with Gasteiger partial charge in [0.1, 0.15) is 0 Å². The second-order valence-electron chi connectivity index (χ2n) is 4.61. The number of nitrogens with one attached hydrogen (secondary N) is 1. The van der Waals surface area contributed by atoms with Crippen LogP contribution in [0.5, 0.6) is 0 Å². The lowest BCUT2D eigenvalue weighted by atomic mass is 10.3. The fourth-order valence-electron chi connectivity index (χ4n) is 2.00. The predicted octanol–water partition coefficient (Wildman–Crippen LogP) is -0.886. The van der Waals surface area contributed by atoms with E-state index in [9.17, 15) is 18.5 Å². The minimum Gasteiger partial charge on any atom is -0.335 e. The molecule has 0 spiro atoms. The van der Waals surface area contributed by atoms with E-state index in [2.05, 4.69) is 0 Å². The van der Waals surface area contributed by atoms with E-state index in [1.165, 1.54) is 33.5 Å². The van der Waals surface area contributed by atoms with Crippen molar-refractivity contribution in [1.82, 2.24) is 4.31 Å². The van der Waals surface area contributed by atoms with E-state index in [0.717, 1.165) is 13.1 Å². The van der Waals surface area contributed by atoms with Gasteiger partial charge in [-0.3, -0.25) is 10.1 Å². The first kappa shape index (κ1) is 13.9. The normalized spacial score (nSPS) is 18.4. The molecule has 19 heavy (non-hydrogen) atoms. The lowest BCUT2D eigenvalue weighted by Gasteiger charge is -2.29. The van der Waals surface area contributed by atoms with Gasteiger partial charge in [-0.15, -0.1) is 0 Å². The largest absolute Gasteiger partial charge is 0.335 e. The second kappa shape index (κ2) is 5.24. The molecule has 1 aliphatic rings. The molecule has 1 N–H and O–H groups in total. The Balaban J connectivity index is 2.22. The Kier molecular flexibility index (Phi) is 3.83. The maximum Gasteiger partial charge on any atom is 0.269 e. The molecule has 0 saturated carbocycles. The number of benzene rings is 1. The van der Waals surface area contributed by atoms with Crippen LogP contribution in [0.1, 0.15) is 0 Å². The second-order valence-corrected chi connectivity index (χ2v) is 6.55. The summed E-state index contributed by atoms with van der Waals surface area (Å²) in [5.41, 5.74) is -0.109. The lowest BCUT2D eigenvalue weighted by Crippen LogP contribution is -3.12. The zero-order chi connectivity index (χ0) is 14.0. The summed E-state index contributed by atoms with van der Waals surface area (Å²) < 4.78 is 26.1. The molecule has 7 nitrogen and oxygen atoms in total. The van der Waals surface area contributed by atoms with Crippen LogP contribution < -0.4 is 4.90 Å². The van der Waals surface area contributed by atoms with Crippen LogP contribution in [0, 0.1) is 10.1 Å². The van der Waals surface area contributed by atoms with Gasteiger partial charge in [-0.05, 0) is 12.1 Å². The number of nitro groups is 1. The molecule has 0 aromatic heterocycles. The molecule has 1 aliphatic heterocycles. The van der Waals surface area contributed by atoms with Crippen molar-refractivity contribution in [2.75, 3.05) is 33.2 Å². The highest BCUT2D eigenvalue weighted by atomic mass is 32.2. The van der Waals surface area contributed by atoms with E-state index in [1.807, 2.05) is 7.05 Å². The maximum atomic E-state index is 12.3. The van der Waals surface area contributed by atoms with Crippen LogP contribution in [-0.2, 0) is 10.0 Å². The quantitative estimate of drug-likeness (QED) is 0.577. The van der Waals surface area contributed by atoms with Gasteiger partial charge in [0.05, 0.1) is 43.0 Å². The molecular weight excluding hydrogens is 270 g/mol. The van der Waals surface area contributed by atoms with E-state index in [4.69, 9.17) is 0 Å². The summed E-state index contributed by atoms with van der Waals surface area (Å²) in [5.74, 6) is 0. The Hall–Kier alpha value is -1.51. The molecule has 1 aromatic rings. The smallest absolute Gasteiger partial charge is 0.269 e. The van der Waals surface area contributed by atoms with Gasteiger partial charge < -0.3 is 4.90 Å². The molecule has 1 heterocycles. The summed E-state index contributed by atoms with van der Waals surface area (Å²) in [4.78, 5) is 11.4. The predicted molar refractivity (Wildman–Crippen MR) is 68.5 cm³/mol. The molecule has 0 radical (unpaired) electrons. The highest BCUT2D eigenvalue weighted by molar-refractivity contribution is 7.89. The van der Waals surface area contributed by atoms with Crippen molar-refractivity contribution in [1.29, 1.82) is 0 Å². The van der Waals surface area contributed by atoms with Gasteiger partial charge in [-0.1, -0.05) is 0 Å². The average molecular weight is 286 g/mol. The molecule has 0 aliphatic carbocycles. The monoisotopic (exact) mass is 286 g/mol. The van der Waals surface area contributed by atoms with Gasteiger partial charge >= 0.3 is 0 Å². The summed E-state index contributed by atoms with van der Waals surface area (Å²) in [5, 5.41) is 10.5. The highest BCUT2D eigenvalue weighted by Crippen LogP contribution is 2.19. The number of likely N-dealkylation sites (N-methyl/N-ethyl adjacent to an activating group) is 1. The molecule has 1 saturated heterocycles. The standard InChI is InChI=1S/C11H15N3O4S/c1-12-6-8-13(9-7-12)19(17,18)11-4-2-10(3-5-11)14(15)16/h2-5H,6-9H2,1H3/p+1. The number of sulfonamides is 1. The number of hydrogen-bond donors (Lipinski definition) is 1. The number of nitro benzene ring substituents is 1.